The number of benzene rings is 1. The molecule has 2 N–H and O–H groups in total. The molecule has 0 aromatic heterocycles. The summed E-state index contributed by atoms with van der Waals surface area (Å²) in [6, 6.07) is 7.82. The average molecular weight is 260 g/mol. The van der Waals surface area contributed by atoms with Gasteiger partial charge in [0.2, 0.25) is 5.91 Å². The minimum Gasteiger partial charge on any atom is -0.497 e. The first-order valence-corrected chi connectivity index (χ1v) is 6.47. The minimum absolute atomic E-state index is 0.0354. The molecular formula is C15H20N2O2. The quantitative estimate of drug-likeness (QED) is 0.841. The third-order valence-corrected chi connectivity index (χ3v) is 3.40. The van der Waals surface area contributed by atoms with Crippen molar-refractivity contribution in [2.45, 2.75) is 19.4 Å². The highest BCUT2D eigenvalue weighted by molar-refractivity contribution is 5.95. The van der Waals surface area contributed by atoms with Crippen molar-refractivity contribution >= 4 is 11.5 Å². The summed E-state index contributed by atoms with van der Waals surface area (Å²) in [5.41, 5.74) is 7.74. The first-order chi connectivity index (χ1) is 9.10. The largest absolute Gasteiger partial charge is 0.497 e. The molecule has 2 rings (SSSR count). The van der Waals surface area contributed by atoms with Gasteiger partial charge in [0.05, 0.1) is 7.11 Å². The fourth-order valence-corrected chi connectivity index (χ4v) is 2.22. The van der Waals surface area contributed by atoms with Crippen molar-refractivity contribution in [2.24, 2.45) is 5.73 Å². The molecule has 1 aromatic carbocycles. The zero-order valence-electron chi connectivity index (χ0n) is 11.4. The smallest absolute Gasteiger partial charge is 0.246 e. The molecule has 19 heavy (non-hydrogen) atoms. The Morgan fingerprint density at radius 1 is 1.53 bits per heavy atom. The van der Waals surface area contributed by atoms with Crippen LogP contribution in [0.15, 0.2) is 30.3 Å². The molecule has 1 atom stereocenters. The Hall–Kier alpha value is -1.81. The van der Waals surface area contributed by atoms with Crippen molar-refractivity contribution in [3.8, 4) is 5.75 Å². The van der Waals surface area contributed by atoms with Crippen molar-refractivity contribution < 1.29 is 9.53 Å². The third kappa shape index (κ3) is 3.35. The molecule has 1 aliphatic rings. The predicted molar refractivity (Wildman–Crippen MR) is 75.8 cm³/mol. The van der Waals surface area contributed by atoms with Crippen LogP contribution >= 0.6 is 0 Å². The summed E-state index contributed by atoms with van der Waals surface area (Å²) < 4.78 is 5.18. The summed E-state index contributed by atoms with van der Waals surface area (Å²) in [7, 11) is 1.63. The molecule has 102 valence electrons. The Kier molecular flexibility index (Phi) is 4.22. The summed E-state index contributed by atoms with van der Waals surface area (Å²) in [6.07, 6.45) is 2.56. The molecule has 0 radical (unpaired) electrons. The number of carbonyl (C=O) groups excluding carboxylic acids is 1. The Balaban J connectivity index is 2.11. The molecule has 1 unspecified atom stereocenters. The number of allylic oxidation sites excluding steroid dienone is 1. The van der Waals surface area contributed by atoms with Crippen molar-refractivity contribution in [1.82, 2.24) is 4.90 Å². The van der Waals surface area contributed by atoms with Crippen LogP contribution in [0.1, 0.15) is 18.9 Å². The van der Waals surface area contributed by atoms with Gasteiger partial charge in [-0.25, -0.2) is 0 Å². The van der Waals surface area contributed by atoms with E-state index in [2.05, 4.69) is 0 Å². The van der Waals surface area contributed by atoms with Gasteiger partial charge in [-0.05, 0) is 36.6 Å². The van der Waals surface area contributed by atoms with E-state index >= 15 is 0 Å². The highest BCUT2D eigenvalue weighted by Crippen LogP contribution is 2.20. The standard InChI is InChI=1S/C15H20N2O2/c1-11(12-4-3-5-14(9-12)19-2)8-15(18)17-7-6-13(16)10-17/h3-5,8-9,13H,6-7,10,16H2,1-2H3. The van der Waals surface area contributed by atoms with Gasteiger partial charge in [-0.3, -0.25) is 4.79 Å². The van der Waals surface area contributed by atoms with Crippen LogP contribution in [0.4, 0.5) is 0 Å². The number of ether oxygens (including phenoxy) is 1. The van der Waals surface area contributed by atoms with E-state index in [1.165, 1.54) is 0 Å². The summed E-state index contributed by atoms with van der Waals surface area (Å²) in [5.74, 6) is 0.828. The Morgan fingerprint density at radius 2 is 2.32 bits per heavy atom. The van der Waals surface area contributed by atoms with E-state index in [0.717, 1.165) is 29.9 Å². The highest BCUT2D eigenvalue weighted by Gasteiger charge is 2.22. The molecule has 1 saturated heterocycles. The van der Waals surface area contributed by atoms with Gasteiger partial charge in [0, 0.05) is 25.2 Å². The van der Waals surface area contributed by atoms with E-state index in [-0.39, 0.29) is 11.9 Å². The molecule has 0 aliphatic carbocycles. The number of hydrogen-bond acceptors (Lipinski definition) is 3. The number of likely N-dealkylation sites (tertiary alicyclic amines) is 1. The Labute approximate surface area is 113 Å². The average Bonchev–Trinajstić information content (AvgIpc) is 2.85. The maximum atomic E-state index is 12.1. The second-order valence-electron chi connectivity index (χ2n) is 4.89. The number of hydrogen-bond donors (Lipinski definition) is 1. The van der Waals surface area contributed by atoms with Crippen molar-refractivity contribution in [3.63, 3.8) is 0 Å². The predicted octanol–water partition coefficient (Wildman–Crippen LogP) is 1.66. The lowest BCUT2D eigenvalue weighted by molar-refractivity contribution is -0.125. The summed E-state index contributed by atoms with van der Waals surface area (Å²) in [5, 5.41) is 0. The SMILES string of the molecule is COc1cccc(C(C)=CC(=O)N2CCC(N)C2)c1. The first kappa shape index (κ1) is 13.6. The van der Waals surface area contributed by atoms with E-state index in [0.29, 0.717) is 6.54 Å². The number of carbonyl (C=O) groups is 1. The summed E-state index contributed by atoms with van der Waals surface area (Å²) in [4.78, 5) is 13.9. The van der Waals surface area contributed by atoms with Gasteiger partial charge in [-0.2, -0.15) is 0 Å². The van der Waals surface area contributed by atoms with Gasteiger partial charge in [0.1, 0.15) is 5.75 Å². The van der Waals surface area contributed by atoms with Crippen molar-refractivity contribution in [1.29, 1.82) is 0 Å². The number of rotatable bonds is 3. The van der Waals surface area contributed by atoms with Crippen LogP contribution in [0.25, 0.3) is 5.57 Å². The maximum absolute atomic E-state index is 12.1. The van der Waals surface area contributed by atoms with Crippen LogP contribution < -0.4 is 10.5 Å². The molecule has 4 heteroatoms. The van der Waals surface area contributed by atoms with E-state index < -0.39 is 0 Å². The second kappa shape index (κ2) is 5.89. The van der Waals surface area contributed by atoms with Crippen molar-refractivity contribution in [3.05, 3.63) is 35.9 Å². The van der Waals surface area contributed by atoms with Crippen LogP contribution in [0, 0.1) is 0 Å². The van der Waals surface area contributed by atoms with Crippen molar-refractivity contribution in [2.75, 3.05) is 20.2 Å². The molecule has 0 saturated carbocycles. The normalized spacial score (nSPS) is 19.6. The molecule has 1 fully saturated rings. The molecule has 1 amide bonds. The van der Waals surface area contributed by atoms with Crippen LogP contribution in [-0.2, 0) is 4.79 Å². The van der Waals surface area contributed by atoms with Crippen LogP contribution in [0.5, 0.6) is 5.75 Å². The lowest BCUT2D eigenvalue weighted by atomic mass is 10.1. The molecule has 0 bridgehead atoms. The molecule has 0 spiro atoms. The fraction of sp³-hybridized carbons (Fsp3) is 0.400. The van der Waals surface area contributed by atoms with E-state index in [1.54, 1.807) is 18.1 Å². The minimum atomic E-state index is 0.0354. The second-order valence-corrected chi connectivity index (χ2v) is 4.89. The maximum Gasteiger partial charge on any atom is 0.246 e. The Morgan fingerprint density at radius 3 is 2.95 bits per heavy atom. The zero-order valence-corrected chi connectivity index (χ0v) is 11.4. The summed E-state index contributed by atoms with van der Waals surface area (Å²) >= 11 is 0. The lowest BCUT2D eigenvalue weighted by Crippen LogP contribution is -2.30. The van der Waals surface area contributed by atoms with Gasteiger partial charge < -0.3 is 15.4 Å². The van der Waals surface area contributed by atoms with Gasteiger partial charge in [-0.15, -0.1) is 0 Å². The molecular weight excluding hydrogens is 240 g/mol. The summed E-state index contributed by atoms with van der Waals surface area (Å²) in [6.45, 7) is 3.34. The van der Waals surface area contributed by atoms with Crippen LogP contribution in [0.3, 0.4) is 0 Å². The first-order valence-electron chi connectivity index (χ1n) is 6.47. The Bertz CT molecular complexity index is 497. The van der Waals surface area contributed by atoms with Gasteiger partial charge >= 0.3 is 0 Å². The van der Waals surface area contributed by atoms with Gasteiger partial charge in [0.25, 0.3) is 0 Å². The van der Waals surface area contributed by atoms with Crippen LogP contribution in [0.2, 0.25) is 0 Å². The van der Waals surface area contributed by atoms with E-state index in [4.69, 9.17) is 10.5 Å². The molecule has 1 aromatic rings. The number of amides is 1. The van der Waals surface area contributed by atoms with E-state index in [1.807, 2.05) is 31.2 Å². The lowest BCUT2D eigenvalue weighted by Gasteiger charge is -2.14. The van der Waals surface area contributed by atoms with Gasteiger partial charge in [0.15, 0.2) is 0 Å². The fourth-order valence-electron chi connectivity index (χ4n) is 2.22. The molecule has 4 nitrogen and oxygen atoms in total. The van der Waals surface area contributed by atoms with Gasteiger partial charge in [-0.1, -0.05) is 12.1 Å². The monoisotopic (exact) mass is 260 g/mol. The molecule has 1 heterocycles. The van der Waals surface area contributed by atoms with E-state index in [9.17, 15) is 4.79 Å². The topological polar surface area (TPSA) is 55.6 Å². The highest BCUT2D eigenvalue weighted by atomic mass is 16.5. The van der Waals surface area contributed by atoms with Crippen LogP contribution in [-0.4, -0.2) is 37.0 Å². The third-order valence-electron chi connectivity index (χ3n) is 3.40. The number of nitrogens with two attached hydrogens (primary N) is 1. The number of methoxy groups -OCH3 is 1. The molecule has 1 aliphatic heterocycles. The number of nitrogens with zero attached hydrogens (tertiary/aromatic N) is 1. The zero-order chi connectivity index (χ0) is 13.8.